The van der Waals surface area contributed by atoms with Crippen molar-refractivity contribution in [1.29, 1.82) is 0 Å². The number of carbonyl (C=O) groups is 2. The van der Waals surface area contributed by atoms with Gasteiger partial charge in [0.1, 0.15) is 6.04 Å². The van der Waals surface area contributed by atoms with Crippen molar-refractivity contribution < 1.29 is 9.59 Å². The zero-order chi connectivity index (χ0) is 12.7. The summed E-state index contributed by atoms with van der Waals surface area (Å²) in [5.74, 6) is -0.144. The molecule has 1 heterocycles. The maximum atomic E-state index is 11.6. The first-order valence-electron chi connectivity index (χ1n) is 5.73. The molecular formula is C11H20N4O2. The summed E-state index contributed by atoms with van der Waals surface area (Å²) in [4.78, 5) is 25.1. The van der Waals surface area contributed by atoms with E-state index in [1.165, 1.54) is 0 Å². The maximum absolute atomic E-state index is 11.6. The van der Waals surface area contributed by atoms with E-state index in [4.69, 9.17) is 0 Å². The molecule has 1 saturated heterocycles. The van der Waals surface area contributed by atoms with Crippen molar-refractivity contribution in [3.63, 3.8) is 0 Å². The number of hydrogen-bond donors (Lipinski definition) is 3. The Labute approximate surface area is 101 Å². The summed E-state index contributed by atoms with van der Waals surface area (Å²) in [5, 5.41) is 8.47. The largest absolute Gasteiger partial charge is 0.358 e. The second kappa shape index (κ2) is 7.03. The molecule has 1 atom stereocenters. The smallest absolute Gasteiger partial charge is 0.238 e. The zero-order valence-corrected chi connectivity index (χ0v) is 10.2. The van der Waals surface area contributed by atoms with E-state index in [0.717, 1.165) is 6.54 Å². The Morgan fingerprint density at radius 1 is 1.59 bits per heavy atom. The van der Waals surface area contributed by atoms with Crippen molar-refractivity contribution >= 4 is 11.8 Å². The van der Waals surface area contributed by atoms with Crippen molar-refractivity contribution in [3.8, 4) is 0 Å². The summed E-state index contributed by atoms with van der Waals surface area (Å²) in [5.41, 5.74) is 0. The highest BCUT2D eigenvalue weighted by atomic mass is 16.2. The fourth-order valence-corrected chi connectivity index (χ4v) is 1.79. The summed E-state index contributed by atoms with van der Waals surface area (Å²) in [6, 6.07) is -0.275. The average Bonchev–Trinajstić information content (AvgIpc) is 2.36. The Bertz CT molecular complexity index is 293. The SMILES string of the molecule is C=CCNC(=O)CN1CCNCC1C(=O)NC. The van der Waals surface area contributed by atoms with Crippen LogP contribution in [0.4, 0.5) is 0 Å². The summed E-state index contributed by atoms with van der Waals surface area (Å²) in [6.07, 6.45) is 1.63. The number of likely N-dealkylation sites (N-methyl/N-ethyl adjacent to an activating group) is 1. The third-order valence-corrected chi connectivity index (χ3v) is 2.69. The number of amides is 2. The minimum absolute atomic E-state index is 0.0614. The van der Waals surface area contributed by atoms with Crippen molar-refractivity contribution in [3.05, 3.63) is 12.7 Å². The predicted octanol–water partition coefficient (Wildman–Crippen LogP) is -1.69. The summed E-state index contributed by atoms with van der Waals surface area (Å²) in [7, 11) is 1.60. The van der Waals surface area contributed by atoms with Crippen LogP contribution in [0.2, 0.25) is 0 Å². The van der Waals surface area contributed by atoms with Gasteiger partial charge in [-0.1, -0.05) is 6.08 Å². The molecule has 17 heavy (non-hydrogen) atoms. The first kappa shape index (κ1) is 13.7. The normalized spacial score (nSPS) is 20.6. The van der Waals surface area contributed by atoms with Crippen LogP contribution in [0.1, 0.15) is 0 Å². The molecule has 1 unspecified atom stereocenters. The van der Waals surface area contributed by atoms with E-state index >= 15 is 0 Å². The molecule has 0 aliphatic carbocycles. The number of nitrogens with one attached hydrogen (secondary N) is 3. The highest BCUT2D eigenvalue weighted by Crippen LogP contribution is 2.02. The lowest BCUT2D eigenvalue weighted by Crippen LogP contribution is -2.59. The molecule has 0 saturated carbocycles. The lowest BCUT2D eigenvalue weighted by molar-refractivity contribution is -0.129. The van der Waals surface area contributed by atoms with Crippen LogP contribution in [-0.4, -0.2) is 62.5 Å². The van der Waals surface area contributed by atoms with Crippen molar-refractivity contribution in [2.45, 2.75) is 6.04 Å². The van der Waals surface area contributed by atoms with Crippen molar-refractivity contribution in [2.75, 3.05) is 39.8 Å². The van der Waals surface area contributed by atoms with Gasteiger partial charge in [0.05, 0.1) is 6.54 Å². The fraction of sp³-hybridized carbons (Fsp3) is 0.636. The number of carbonyl (C=O) groups excluding carboxylic acids is 2. The number of piperazine rings is 1. The van der Waals surface area contributed by atoms with Crippen LogP contribution in [0, 0.1) is 0 Å². The third kappa shape index (κ3) is 4.16. The average molecular weight is 240 g/mol. The Morgan fingerprint density at radius 3 is 3.00 bits per heavy atom. The lowest BCUT2D eigenvalue weighted by atomic mass is 10.1. The molecule has 1 aliphatic rings. The molecule has 0 aromatic carbocycles. The van der Waals surface area contributed by atoms with Crippen LogP contribution in [0.3, 0.4) is 0 Å². The molecule has 2 amide bonds. The van der Waals surface area contributed by atoms with Gasteiger partial charge in [-0.2, -0.15) is 0 Å². The van der Waals surface area contributed by atoms with Crippen LogP contribution in [-0.2, 0) is 9.59 Å². The molecule has 0 spiro atoms. The summed E-state index contributed by atoms with van der Waals surface area (Å²) in [6.45, 7) is 6.30. The van der Waals surface area contributed by atoms with E-state index in [-0.39, 0.29) is 24.4 Å². The van der Waals surface area contributed by atoms with Gasteiger partial charge in [-0.15, -0.1) is 6.58 Å². The van der Waals surface area contributed by atoms with Gasteiger partial charge in [-0.25, -0.2) is 0 Å². The number of rotatable bonds is 5. The van der Waals surface area contributed by atoms with Crippen molar-refractivity contribution in [2.24, 2.45) is 0 Å². The van der Waals surface area contributed by atoms with E-state index in [1.54, 1.807) is 13.1 Å². The highest BCUT2D eigenvalue weighted by Gasteiger charge is 2.28. The predicted molar refractivity (Wildman–Crippen MR) is 65.5 cm³/mol. The van der Waals surface area contributed by atoms with E-state index in [0.29, 0.717) is 19.6 Å². The first-order chi connectivity index (χ1) is 8.19. The Morgan fingerprint density at radius 2 is 2.35 bits per heavy atom. The topological polar surface area (TPSA) is 73.5 Å². The van der Waals surface area contributed by atoms with E-state index < -0.39 is 0 Å². The minimum Gasteiger partial charge on any atom is -0.358 e. The molecule has 6 heteroatoms. The van der Waals surface area contributed by atoms with Gasteiger partial charge in [0.25, 0.3) is 0 Å². The molecule has 0 aromatic heterocycles. The number of hydrogen-bond acceptors (Lipinski definition) is 4. The van der Waals surface area contributed by atoms with Gasteiger partial charge in [-0.05, 0) is 0 Å². The second-order valence-corrected chi connectivity index (χ2v) is 3.90. The Balaban J connectivity index is 2.50. The second-order valence-electron chi connectivity index (χ2n) is 3.90. The molecule has 1 rings (SSSR count). The van der Waals surface area contributed by atoms with Gasteiger partial charge in [-0.3, -0.25) is 14.5 Å². The summed E-state index contributed by atoms with van der Waals surface area (Å²) < 4.78 is 0. The molecule has 0 radical (unpaired) electrons. The molecule has 6 nitrogen and oxygen atoms in total. The molecule has 0 aromatic rings. The highest BCUT2D eigenvalue weighted by molar-refractivity contribution is 5.83. The zero-order valence-electron chi connectivity index (χ0n) is 10.2. The van der Waals surface area contributed by atoms with Crippen molar-refractivity contribution in [1.82, 2.24) is 20.9 Å². The molecule has 96 valence electrons. The molecule has 3 N–H and O–H groups in total. The monoisotopic (exact) mass is 240 g/mol. The van der Waals surface area contributed by atoms with E-state index in [1.807, 2.05) is 4.90 Å². The first-order valence-corrected chi connectivity index (χ1v) is 5.73. The van der Waals surface area contributed by atoms with Gasteiger partial charge in [0, 0.05) is 33.2 Å². The maximum Gasteiger partial charge on any atom is 0.238 e. The molecule has 0 bridgehead atoms. The van der Waals surface area contributed by atoms with Crippen LogP contribution < -0.4 is 16.0 Å². The van der Waals surface area contributed by atoms with Crippen LogP contribution in [0.25, 0.3) is 0 Å². The third-order valence-electron chi connectivity index (χ3n) is 2.69. The minimum atomic E-state index is -0.275. The lowest BCUT2D eigenvalue weighted by Gasteiger charge is -2.34. The quantitative estimate of drug-likeness (QED) is 0.501. The van der Waals surface area contributed by atoms with Gasteiger partial charge in [0.2, 0.25) is 11.8 Å². The molecule has 1 aliphatic heterocycles. The van der Waals surface area contributed by atoms with E-state index in [2.05, 4.69) is 22.5 Å². The number of nitrogens with zero attached hydrogens (tertiary/aromatic N) is 1. The van der Waals surface area contributed by atoms with Gasteiger partial charge < -0.3 is 16.0 Å². The standard InChI is InChI=1S/C11H20N4O2/c1-3-4-14-10(16)8-15-6-5-13-7-9(15)11(17)12-2/h3,9,13H,1,4-8H2,2H3,(H,12,17)(H,14,16). The fourth-order valence-electron chi connectivity index (χ4n) is 1.79. The Kier molecular flexibility index (Phi) is 5.65. The molecule has 1 fully saturated rings. The van der Waals surface area contributed by atoms with Crippen LogP contribution >= 0.6 is 0 Å². The Hall–Kier alpha value is -1.40. The van der Waals surface area contributed by atoms with Gasteiger partial charge in [0.15, 0.2) is 0 Å². The van der Waals surface area contributed by atoms with E-state index in [9.17, 15) is 9.59 Å². The molecular weight excluding hydrogens is 220 g/mol. The van der Waals surface area contributed by atoms with Gasteiger partial charge >= 0.3 is 0 Å². The van der Waals surface area contributed by atoms with Crippen LogP contribution in [0.5, 0.6) is 0 Å². The summed E-state index contributed by atoms with van der Waals surface area (Å²) >= 11 is 0. The van der Waals surface area contributed by atoms with Crippen LogP contribution in [0.15, 0.2) is 12.7 Å².